The minimum Gasteiger partial charge on any atom is -0.494 e. The van der Waals surface area contributed by atoms with Crippen molar-refractivity contribution in [3.8, 4) is 52.5 Å². The quantitative estimate of drug-likeness (QED) is 0.0316. The van der Waals surface area contributed by atoms with Gasteiger partial charge in [0.05, 0.1) is 31.5 Å². The summed E-state index contributed by atoms with van der Waals surface area (Å²) in [6, 6.07) is 26.4. The second-order valence-corrected chi connectivity index (χ2v) is 13.6. The van der Waals surface area contributed by atoms with Gasteiger partial charge >= 0.3 is 30.0 Å². The van der Waals surface area contributed by atoms with Crippen molar-refractivity contribution < 1.29 is 42.7 Å². The average Bonchev–Trinajstić information content (AvgIpc) is 3.24. The molecule has 0 fully saturated rings. The molecule has 0 atom stereocenters. The van der Waals surface area contributed by atoms with Gasteiger partial charge in [-0.3, -0.25) is 0 Å². The van der Waals surface area contributed by atoms with Crippen molar-refractivity contribution in [1.82, 2.24) is 15.0 Å². The summed E-state index contributed by atoms with van der Waals surface area (Å²) < 4.78 is 39.6. The van der Waals surface area contributed by atoms with Crippen LogP contribution in [-0.4, -0.2) is 47.2 Å². The summed E-state index contributed by atoms with van der Waals surface area (Å²) in [5, 5.41) is 0. The normalized spacial score (nSPS) is 10.7. The maximum absolute atomic E-state index is 12.8. The van der Waals surface area contributed by atoms with Gasteiger partial charge in [0.1, 0.15) is 34.5 Å². The number of rotatable bonds is 25. The largest absolute Gasteiger partial charge is 0.494 e. The van der Waals surface area contributed by atoms with Gasteiger partial charge in [0, 0.05) is 0 Å². The van der Waals surface area contributed by atoms with E-state index in [1.54, 1.807) is 97.1 Å². The fraction of sp³-hybridized carbons (Fsp3) is 0.370. The van der Waals surface area contributed by atoms with Crippen LogP contribution in [0.2, 0.25) is 0 Å². The Morgan fingerprint density at radius 2 is 0.741 bits per heavy atom. The number of aromatic nitrogens is 3. The zero-order valence-corrected chi connectivity index (χ0v) is 33.7. The molecule has 0 N–H and O–H groups in total. The summed E-state index contributed by atoms with van der Waals surface area (Å²) in [6.45, 7) is 5.74. The molecule has 4 aromatic carbocycles. The summed E-state index contributed by atoms with van der Waals surface area (Å²) in [4.78, 5) is 38.2. The molecule has 0 unspecified atom stereocenters. The Morgan fingerprint density at radius 1 is 0.414 bits per heavy atom. The van der Waals surface area contributed by atoms with Crippen LogP contribution in [0.15, 0.2) is 97.1 Å². The predicted octanol–water partition coefficient (Wildman–Crippen LogP) is 11.4. The molecular formula is C46H53N3O9. The Balaban J connectivity index is 1.07. The second-order valence-electron chi connectivity index (χ2n) is 13.6. The van der Waals surface area contributed by atoms with Gasteiger partial charge in [0.25, 0.3) is 0 Å². The molecule has 0 aliphatic rings. The lowest BCUT2D eigenvalue weighted by Crippen LogP contribution is -2.08. The molecule has 12 nitrogen and oxygen atoms in total. The highest BCUT2D eigenvalue weighted by Gasteiger charge is 2.15. The zero-order valence-electron chi connectivity index (χ0n) is 33.7. The van der Waals surface area contributed by atoms with Crippen molar-refractivity contribution in [2.45, 2.75) is 90.9 Å². The lowest BCUT2D eigenvalue weighted by Gasteiger charge is -2.10. The maximum Gasteiger partial charge on any atom is 0.343 e. The summed E-state index contributed by atoms with van der Waals surface area (Å²) >= 11 is 0. The Kier molecular flexibility index (Phi) is 17.6. The Bertz CT molecular complexity index is 1830. The number of hydrogen-bond donors (Lipinski definition) is 0. The molecule has 0 radical (unpaired) electrons. The number of carbonyl (C=O) groups is 2. The first-order valence-corrected chi connectivity index (χ1v) is 20.2. The lowest BCUT2D eigenvalue weighted by molar-refractivity contribution is 0.0725. The van der Waals surface area contributed by atoms with Crippen molar-refractivity contribution in [3.63, 3.8) is 0 Å². The standard InChI is InChI=1S/C46H53N3O9/c1-4-6-8-10-12-14-32-53-36-24-28-38(29-25-36)55-42(50)34-16-20-40(21-17-34)57-45-47-44(52-3)48-46(49-45)58-41-22-18-35(19-23-41)43(51)56-39-30-26-37(27-31-39)54-33-15-13-11-9-7-5-2/h16-31H,4-15,32-33H2,1-3H3. The molecule has 306 valence electrons. The maximum atomic E-state index is 12.8. The monoisotopic (exact) mass is 791 g/mol. The molecule has 0 saturated heterocycles. The molecule has 0 amide bonds. The summed E-state index contributed by atoms with van der Waals surface area (Å²) in [5.74, 6) is 1.92. The fourth-order valence-corrected chi connectivity index (χ4v) is 5.72. The van der Waals surface area contributed by atoms with E-state index < -0.39 is 11.9 Å². The first-order valence-electron chi connectivity index (χ1n) is 20.2. The number of ether oxygens (including phenoxy) is 7. The number of unbranched alkanes of at least 4 members (excludes halogenated alkanes) is 10. The SMILES string of the molecule is CCCCCCCCOc1ccc(OC(=O)c2ccc(Oc3nc(OC)nc(Oc4ccc(C(=O)Oc5ccc(OCCCCCCCC)cc5)cc4)n3)cc2)cc1. The van der Waals surface area contributed by atoms with Crippen LogP contribution in [-0.2, 0) is 0 Å². The predicted molar refractivity (Wildman–Crippen MR) is 220 cm³/mol. The van der Waals surface area contributed by atoms with E-state index >= 15 is 0 Å². The Morgan fingerprint density at radius 3 is 1.12 bits per heavy atom. The molecule has 0 spiro atoms. The highest BCUT2D eigenvalue weighted by atomic mass is 16.5. The summed E-state index contributed by atoms with van der Waals surface area (Å²) in [5.41, 5.74) is 0.642. The van der Waals surface area contributed by atoms with Crippen molar-refractivity contribution in [2.24, 2.45) is 0 Å². The molecule has 5 rings (SSSR count). The van der Waals surface area contributed by atoms with Crippen molar-refractivity contribution in [3.05, 3.63) is 108 Å². The molecule has 0 aliphatic heterocycles. The Hall–Kier alpha value is -6.17. The number of carbonyl (C=O) groups excluding carboxylic acids is 2. The molecule has 5 aromatic rings. The third-order valence-electron chi connectivity index (χ3n) is 8.96. The first-order chi connectivity index (χ1) is 28.4. The van der Waals surface area contributed by atoms with Crippen LogP contribution in [0.25, 0.3) is 0 Å². The average molecular weight is 792 g/mol. The minimum atomic E-state index is -0.526. The Labute approximate surface area is 340 Å². The number of benzene rings is 4. The number of hydrogen-bond acceptors (Lipinski definition) is 12. The van der Waals surface area contributed by atoms with Crippen LogP contribution >= 0.6 is 0 Å². The van der Waals surface area contributed by atoms with Gasteiger partial charge < -0.3 is 33.2 Å². The van der Waals surface area contributed by atoms with E-state index in [1.807, 2.05) is 0 Å². The smallest absolute Gasteiger partial charge is 0.343 e. The van der Waals surface area contributed by atoms with Gasteiger partial charge in [-0.15, -0.1) is 15.0 Å². The van der Waals surface area contributed by atoms with E-state index in [0.717, 1.165) is 37.2 Å². The van der Waals surface area contributed by atoms with Gasteiger partial charge in [-0.1, -0.05) is 78.1 Å². The van der Waals surface area contributed by atoms with Crippen molar-refractivity contribution >= 4 is 11.9 Å². The van der Waals surface area contributed by atoms with Crippen molar-refractivity contribution in [2.75, 3.05) is 20.3 Å². The van der Waals surface area contributed by atoms with E-state index in [4.69, 9.17) is 33.2 Å². The highest BCUT2D eigenvalue weighted by Crippen LogP contribution is 2.27. The first kappa shape index (κ1) is 43.0. The minimum absolute atomic E-state index is 0.0435. The van der Waals surface area contributed by atoms with E-state index in [0.29, 0.717) is 47.3 Å². The zero-order chi connectivity index (χ0) is 40.8. The molecule has 58 heavy (non-hydrogen) atoms. The van der Waals surface area contributed by atoms with E-state index in [2.05, 4.69) is 28.8 Å². The highest BCUT2D eigenvalue weighted by molar-refractivity contribution is 5.91. The molecule has 12 heteroatoms. The van der Waals surface area contributed by atoms with Crippen LogP contribution in [0.3, 0.4) is 0 Å². The molecule has 1 heterocycles. The van der Waals surface area contributed by atoms with Crippen LogP contribution < -0.4 is 33.2 Å². The van der Waals surface area contributed by atoms with Crippen molar-refractivity contribution in [1.29, 1.82) is 0 Å². The third-order valence-corrected chi connectivity index (χ3v) is 8.96. The molecule has 1 aromatic heterocycles. The van der Waals surface area contributed by atoms with Crippen LogP contribution in [0, 0.1) is 0 Å². The number of nitrogens with zero attached hydrogens (tertiary/aromatic N) is 3. The summed E-state index contributed by atoms with van der Waals surface area (Å²) in [6.07, 6.45) is 14.4. The molecule has 0 aliphatic carbocycles. The number of esters is 2. The number of methoxy groups -OCH3 is 1. The van der Waals surface area contributed by atoms with E-state index in [9.17, 15) is 9.59 Å². The second kappa shape index (κ2) is 23.8. The fourth-order valence-electron chi connectivity index (χ4n) is 5.72. The van der Waals surface area contributed by atoms with E-state index in [-0.39, 0.29) is 18.0 Å². The van der Waals surface area contributed by atoms with Crippen LogP contribution in [0.5, 0.6) is 52.5 Å². The van der Waals surface area contributed by atoms with Gasteiger partial charge in [0.15, 0.2) is 0 Å². The molecular weight excluding hydrogens is 739 g/mol. The lowest BCUT2D eigenvalue weighted by atomic mass is 10.1. The van der Waals surface area contributed by atoms with Gasteiger partial charge in [0.2, 0.25) is 0 Å². The van der Waals surface area contributed by atoms with Gasteiger partial charge in [-0.25, -0.2) is 9.59 Å². The van der Waals surface area contributed by atoms with Crippen LogP contribution in [0.1, 0.15) is 112 Å². The third kappa shape index (κ3) is 14.7. The molecule has 0 saturated carbocycles. The van der Waals surface area contributed by atoms with E-state index in [1.165, 1.54) is 58.5 Å². The van der Waals surface area contributed by atoms with Gasteiger partial charge in [-0.2, -0.15) is 0 Å². The summed E-state index contributed by atoms with van der Waals surface area (Å²) in [7, 11) is 1.40. The van der Waals surface area contributed by atoms with Gasteiger partial charge in [-0.05, 0) is 110 Å². The topological polar surface area (TPSA) is 137 Å². The molecule has 0 bridgehead atoms. The van der Waals surface area contributed by atoms with Crippen LogP contribution in [0.4, 0.5) is 0 Å².